The first-order valence-corrected chi connectivity index (χ1v) is 6.86. The highest BCUT2D eigenvalue weighted by molar-refractivity contribution is 8.00. The maximum atomic E-state index is 12.8. The van der Waals surface area contributed by atoms with Gasteiger partial charge in [0.1, 0.15) is 11.6 Å². The maximum absolute atomic E-state index is 12.8. The highest BCUT2D eigenvalue weighted by Gasteiger charge is 2.18. The molecule has 0 radical (unpaired) electrons. The topological polar surface area (TPSA) is 58.6 Å². The van der Waals surface area contributed by atoms with Crippen molar-refractivity contribution in [1.29, 1.82) is 0 Å². The van der Waals surface area contributed by atoms with Gasteiger partial charge >= 0.3 is 0 Å². The van der Waals surface area contributed by atoms with Crippen molar-refractivity contribution in [3.63, 3.8) is 0 Å². The summed E-state index contributed by atoms with van der Waals surface area (Å²) in [6.07, 6.45) is 0.772. The third kappa shape index (κ3) is 3.41. The number of rotatable bonds is 5. The molecule has 0 aliphatic heterocycles. The van der Waals surface area contributed by atoms with Crippen LogP contribution in [0.15, 0.2) is 29.4 Å². The van der Waals surface area contributed by atoms with Gasteiger partial charge in [-0.3, -0.25) is 9.89 Å². The molecule has 1 unspecified atom stereocenters. The van der Waals surface area contributed by atoms with Crippen LogP contribution < -0.4 is 0 Å². The van der Waals surface area contributed by atoms with E-state index in [-0.39, 0.29) is 16.9 Å². The number of carbonyl (C=O) groups is 1. The summed E-state index contributed by atoms with van der Waals surface area (Å²) in [5.74, 6) is 0.384. The second-order valence-corrected chi connectivity index (χ2v) is 5.36. The number of H-pyrrole nitrogens is 1. The Morgan fingerprint density at radius 3 is 2.68 bits per heavy atom. The van der Waals surface area contributed by atoms with E-state index in [0.29, 0.717) is 10.7 Å². The van der Waals surface area contributed by atoms with Gasteiger partial charge in [0.2, 0.25) is 5.16 Å². The highest BCUT2D eigenvalue weighted by Crippen LogP contribution is 2.22. The number of benzene rings is 1. The summed E-state index contributed by atoms with van der Waals surface area (Å²) in [7, 11) is 0. The molecule has 0 aliphatic carbocycles. The van der Waals surface area contributed by atoms with Crippen molar-refractivity contribution in [3.8, 4) is 0 Å². The number of nitrogens with zero attached hydrogens (tertiary/aromatic N) is 2. The van der Waals surface area contributed by atoms with E-state index in [2.05, 4.69) is 15.2 Å². The molecule has 0 amide bonds. The molecule has 0 spiro atoms. The largest absolute Gasteiger partial charge is 0.293 e. The molecule has 19 heavy (non-hydrogen) atoms. The molecule has 1 aromatic carbocycles. The van der Waals surface area contributed by atoms with Crippen LogP contribution in [0.4, 0.5) is 4.39 Å². The van der Waals surface area contributed by atoms with E-state index in [1.165, 1.54) is 36.0 Å². The van der Waals surface area contributed by atoms with Crippen LogP contribution >= 0.6 is 11.8 Å². The quantitative estimate of drug-likeness (QED) is 0.675. The van der Waals surface area contributed by atoms with E-state index in [1.807, 2.05) is 6.92 Å². The Morgan fingerprint density at radius 2 is 2.11 bits per heavy atom. The number of ketones is 1. The molecule has 1 aromatic heterocycles. The molecule has 2 aromatic rings. The van der Waals surface area contributed by atoms with Gasteiger partial charge in [-0.25, -0.2) is 9.37 Å². The molecular formula is C13H14FN3OS. The minimum absolute atomic E-state index is 0.0622. The molecule has 1 N–H and O–H groups in total. The van der Waals surface area contributed by atoms with E-state index in [4.69, 9.17) is 0 Å². The maximum Gasteiger partial charge on any atom is 0.209 e. The van der Waals surface area contributed by atoms with Crippen molar-refractivity contribution in [3.05, 3.63) is 41.5 Å². The number of Topliss-reactive ketones (excluding diaryl/α,β-unsaturated/α-hetero) is 1. The minimum atomic E-state index is -0.349. The zero-order valence-corrected chi connectivity index (χ0v) is 11.5. The zero-order chi connectivity index (χ0) is 13.8. The van der Waals surface area contributed by atoms with Crippen molar-refractivity contribution < 1.29 is 9.18 Å². The highest BCUT2D eigenvalue weighted by atomic mass is 32.2. The molecule has 1 heterocycles. The van der Waals surface area contributed by atoms with Gasteiger partial charge in [0, 0.05) is 12.0 Å². The average molecular weight is 279 g/mol. The van der Waals surface area contributed by atoms with Crippen LogP contribution in [0.3, 0.4) is 0 Å². The van der Waals surface area contributed by atoms with Crippen LogP contribution in [-0.4, -0.2) is 26.2 Å². The summed E-state index contributed by atoms with van der Waals surface area (Å²) in [5.41, 5.74) is 0.493. The lowest BCUT2D eigenvalue weighted by molar-refractivity contribution is 0.0994. The van der Waals surface area contributed by atoms with Crippen molar-refractivity contribution in [2.24, 2.45) is 0 Å². The summed E-state index contributed by atoms with van der Waals surface area (Å²) >= 11 is 1.29. The fraction of sp³-hybridized carbons (Fsp3) is 0.308. The van der Waals surface area contributed by atoms with Crippen LogP contribution in [0, 0.1) is 5.82 Å². The standard InChI is InChI=1S/C13H14FN3OS/c1-3-11-15-13(17-16-11)19-8(2)12(18)9-4-6-10(14)7-5-9/h4-8H,3H2,1-2H3,(H,15,16,17). The first kappa shape index (κ1) is 13.7. The molecule has 0 bridgehead atoms. The fourth-order valence-electron chi connectivity index (χ4n) is 1.55. The first-order chi connectivity index (χ1) is 9.10. The number of aromatic nitrogens is 3. The van der Waals surface area contributed by atoms with Gasteiger partial charge in [-0.15, -0.1) is 5.10 Å². The summed E-state index contributed by atoms with van der Waals surface area (Å²) in [6.45, 7) is 3.76. The summed E-state index contributed by atoms with van der Waals surface area (Å²) in [6, 6.07) is 5.55. The van der Waals surface area contributed by atoms with E-state index in [0.717, 1.165) is 12.2 Å². The van der Waals surface area contributed by atoms with Gasteiger partial charge in [-0.1, -0.05) is 18.7 Å². The van der Waals surface area contributed by atoms with Gasteiger partial charge < -0.3 is 0 Å². The summed E-state index contributed by atoms with van der Waals surface area (Å²) in [4.78, 5) is 16.4. The molecule has 6 heteroatoms. The zero-order valence-electron chi connectivity index (χ0n) is 10.7. The number of aryl methyl sites for hydroxylation is 1. The molecule has 0 saturated carbocycles. The van der Waals surface area contributed by atoms with E-state index in [9.17, 15) is 9.18 Å². The Labute approximate surface area is 114 Å². The Morgan fingerprint density at radius 1 is 1.42 bits per heavy atom. The molecule has 4 nitrogen and oxygen atoms in total. The Balaban J connectivity index is 2.04. The lowest BCUT2D eigenvalue weighted by Crippen LogP contribution is -2.13. The Hall–Kier alpha value is -1.69. The molecule has 0 saturated heterocycles. The van der Waals surface area contributed by atoms with Crippen molar-refractivity contribution >= 4 is 17.5 Å². The third-order valence-electron chi connectivity index (χ3n) is 2.63. The predicted molar refractivity (Wildman–Crippen MR) is 71.8 cm³/mol. The predicted octanol–water partition coefficient (Wildman–Crippen LogP) is 2.87. The normalized spacial score (nSPS) is 12.4. The number of nitrogens with one attached hydrogen (secondary N) is 1. The van der Waals surface area contributed by atoms with Gasteiger partial charge in [-0.2, -0.15) is 0 Å². The summed E-state index contributed by atoms with van der Waals surface area (Å²) < 4.78 is 12.8. The SMILES string of the molecule is CCc1nc(SC(C)C(=O)c2ccc(F)cc2)n[nH]1. The van der Waals surface area contributed by atoms with Crippen LogP contribution in [0.1, 0.15) is 30.0 Å². The smallest absolute Gasteiger partial charge is 0.209 e. The monoisotopic (exact) mass is 279 g/mol. The van der Waals surface area contributed by atoms with E-state index >= 15 is 0 Å². The second-order valence-electron chi connectivity index (χ2n) is 4.05. The van der Waals surface area contributed by atoms with E-state index < -0.39 is 0 Å². The number of thioether (sulfide) groups is 1. The van der Waals surface area contributed by atoms with Gasteiger partial charge in [-0.05, 0) is 31.2 Å². The molecule has 0 aliphatic rings. The van der Waals surface area contributed by atoms with Crippen LogP contribution in [0.5, 0.6) is 0 Å². The molecular weight excluding hydrogens is 265 g/mol. The Bertz CT molecular complexity index is 568. The van der Waals surface area contributed by atoms with Crippen molar-refractivity contribution in [2.45, 2.75) is 30.7 Å². The van der Waals surface area contributed by atoms with Crippen LogP contribution in [0.25, 0.3) is 0 Å². The van der Waals surface area contributed by atoms with Crippen LogP contribution in [-0.2, 0) is 6.42 Å². The van der Waals surface area contributed by atoms with Gasteiger partial charge in [0.15, 0.2) is 5.78 Å². The molecule has 1 atom stereocenters. The minimum Gasteiger partial charge on any atom is -0.293 e. The summed E-state index contributed by atoms with van der Waals surface area (Å²) in [5, 5.41) is 7.08. The van der Waals surface area contributed by atoms with Crippen molar-refractivity contribution in [2.75, 3.05) is 0 Å². The average Bonchev–Trinajstić information content (AvgIpc) is 2.86. The van der Waals surface area contributed by atoms with Crippen molar-refractivity contribution in [1.82, 2.24) is 15.2 Å². The third-order valence-corrected chi connectivity index (χ3v) is 3.59. The number of halogens is 1. The number of hydrogen-bond donors (Lipinski definition) is 1. The first-order valence-electron chi connectivity index (χ1n) is 5.98. The Kier molecular flexibility index (Phi) is 4.31. The molecule has 100 valence electrons. The number of hydrogen-bond acceptors (Lipinski definition) is 4. The lowest BCUT2D eigenvalue weighted by atomic mass is 10.1. The van der Waals surface area contributed by atoms with Crippen LogP contribution in [0.2, 0.25) is 0 Å². The van der Waals surface area contributed by atoms with E-state index in [1.54, 1.807) is 6.92 Å². The molecule has 0 fully saturated rings. The fourth-order valence-corrected chi connectivity index (χ4v) is 2.37. The second kappa shape index (κ2) is 5.97. The number of aromatic amines is 1. The van der Waals surface area contributed by atoms with Gasteiger partial charge in [0.25, 0.3) is 0 Å². The number of carbonyl (C=O) groups excluding carboxylic acids is 1. The molecule has 2 rings (SSSR count). The lowest BCUT2D eigenvalue weighted by Gasteiger charge is -2.07. The van der Waals surface area contributed by atoms with Gasteiger partial charge in [0.05, 0.1) is 5.25 Å².